The van der Waals surface area contributed by atoms with E-state index in [1.54, 1.807) is 57.3 Å². The molecule has 9 heteroatoms. The van der Waals surface area contributed by atoms with E-state index in [-0.39, 0.29) is 5.91 Å². The summed E-state index contributed by atoms with van der Waals surface area (Å²) in [7, 11) is 2.17. The Morgan fingerprint density at radius 3 is 2.31 bits per heavy atom. The SMILES string of the molecule is CN1CCN(CCCNCc2ccc(C(=O)Nc3ccccc3NC(=O)OC(C)(C)C)nc2)CC1. The molecule has 0 saturated carbocycles. The Morgan fingerprint density at radius 1 is 1.00 bits per heavy atom. The molecule has 3 N–H and O–H groups in total. The van der Waals surface area contributed by atoms with Gasteiger partial charge in [0, 0.05) is 38.9 Å². The van der Waals surface area contributed by atoms with Crippen LogP contribution in [0, 0.1) is 0 Å². The molecule has 0 unspecified atom stereocenters. The van der Waals surface area contributed by atoms with Crippen LogP contribution in [0.15, 0.2) is 42.6 Å². The average molecular weight is 483 g/mol. The van der Waals surface area contributed by atoms with Crippen molar-refractivity contribution in [3.8, 4) is 0 Å². The summed E-state index contributed by atoms with van der Waals surface area (Å²) in [5.41, 5.74) is 1.63. The monoisotopic (exact) mass is 482 g/mol. The molecule has 3 rings (SSSR count). The van der Waals surface area contributed by atoms with Crippen LogP contribution in [0.25, 0.3) is 0 Å². The van der Waals surface area contributed by atoms with Crippen molar-refractivity contribution in [2.75, 3.05) is 56.9 Å². The van der Waals surface area contributed by atoms with Gasteiger partial charge in [0.2, 0.25) is 0 Å². The summed E-state index contributed by atoms with van der Waals surface area (Å²) in [5.74, 6) is -0.352. The summed E-state index contributed by atoms with van der Waals surface area (Å²) in [6.45, 7) is 12.7. The van der Waals surface area contributed by atoms with Crippen molar-refractivity contribution < 1.29 is 14.3 Å². The lowest BCUT2D eigenvalue weighted by molar-refractivity contribution is 0.0635. The smallest absolute Gasteiger partial charge is 0.412 e. The summed E-state index contributed by atoms with van der Waals surface area (Å²) in [6, 6.07) is 10.6. The Morgan fingerprint density at radius 2 is 1.69 bits per heavy atom. The molecule has 0 spiro atoms. The van der Waals surface area contributed by atoms with Gasteiger partial charge in [0.05, 0.1) is 11.4 Å². The van der Waals surface area contributed by atoms with Crippen molar-refractivity contribution in [2.24, 2.45) is 0 Å². The first-order chi connectivity index (χ1) is 16.7. The van der Waals surface area contributed by atoms with Gasteiger partial charge in [-0.1, -0.05) is 18.2 Å². The molecule has 35 heavy (non-hydrogen) atoms. The second-order valence-corrected chi connectivity index (χ2v) is 9.85. The molecule has 190 valence electrons. The summed E-state index contributed by atoms with van der Waals surface area (Å²) >= 11 is 0. The van der Waals surface area contributed by atoms with E-state index in [0.29, 0.717) is 23.6 Å². The minimum absolute atomic E-state index is 0.302. The van der Waals surface area contributed by atoms with Crippen molar-refractivity contribution in [1.82, 2.24) is 20.1 Å². The highest BCUT2D eigenvalue weighted by Crippen LogP contribution is 2.22. The Balaban J connectivity index is 1.44. The number of rotatable bonds is 9. The number of amides is 2. The van der Waals surface area contributed by atoms with Crippen molar-refractivity contribution in [3.63, 3.8) is 0 Å². The van der Waals surface area contributed by atoms with Crippen LogP contribution in [0.1, 0.15) is 43.2 Å². The van der Waals surface area contributed by atoms with E-state index in [9.17, 15) is 9.59 Å². The molecule has 1 fully saturated rings. The van der Waals surface area contributed by atoms with E-state index < -0.39 is 11.7 Å². The molecule has 0 radical (unpaired) electrons. The number of piperazine rings is 1. The number of para-hydroxylation sites is 2. The quantitative estimate of drug-likeness (QED) is 0.471. The lowest BCUT2D eigenvalue weighted by Crippen LogP contribution is -2.45. The molecule has 1 saturated heterocycles. The van der Waals surface area contributed by atoms with Crippen molar-refractivity contribution >= 4 is 23.4 Å². The van der Waals surface area contributed by atoms with Gasteiger partial charge in [-0.2, -0.15) is 0 Å². The van der Waals surface area contributed by atoms with Crippen LogP contribution in [0.2, 0.25) is 0 Å². The van der Waals surface area contributed by atoms with Crippen LogP contribution in [0.3, 0.4) is 0 Å². The van der Waals surface area contributed by atoms with E-state index in [4.69, 9.17) is 4.74 Å². The fourth-order valence-electron chi connectivity index (χ4n) is 3.70. The summed E-state index contributed by atoms with van der Waals surface area (Å²) < 4.78 is 5.30. The number of ether oxygens (including phenoxy) is 1. The lowest BCUT2D eigenvalue weighted by atomic mass is 10.2. The van der Waals surface area contributed by atoms with Gasteiger partial charge >= 0.3 is 6.09 Å². The number of nitrogens with one attached hydrogen (secondary N) is 3. The first-order valence-electron chi connectivity index (χ1n) is 12.2. The molecule has 1 aromatic heterocycles. The molecular formula is C26H38N6O3. The molecule has 2 amide bonds. The number of hydrogen-bond donors (Lipinski definition) is 3. The van der Waals surface area contributed by atoms with Crippen LogP contribution in [0.5, 0.6) is 0 Å². The summed E-state index contributed by atoms with van der Waals surface area (Å²) in [4.78, 5) is 34.0. The lowest BCUT2D eigenvalue weighted by Gasteiger charge is -2.32. The molecule has 2 heterocycles. The zero-order valence-electron chi connectivity index (χ0n) is 21.3. The van der Waals surface area contributed by atoms with Crippen LogP contribution in [-0.4, -0.2) is 78.7 Å². The maximum absolute atomic E-state index is 12.7. The summed E-state index contributed by atoms with van der Waals surface area (Å²) in [6.07, 6.45) is 2.24. The van der Waals surface area contributed by atoms with Gasteiger partial charge < -0.3 is 25.2 Å². The number of likely N-dealkylation sites (N-methyl/N-ethyl adjacent to an activating group) is 1. The highest BCUT2D eigenvalue weighted by molar-refractivity contribution is 6.05. The van der Waals surface area contributed by atoms with Gasteiger partial charge in [-0.15, -0.1) is 0 Å². The predicted molar refractivity (Wildman–Crippen MR) is 139 cm³/mol. The number of carbonyl (C=O) groups is 2. The van der Waals surface area contributed by atoms with Gasteiger partial charge in [-0.25, -0.2) is 4.79 Å². The second kappa shape index (κ2) is 12.6. The van der Waals surface area contributed by atoms with Crippen molar-refractivity contribution in [1.29, 1.82) is 0 Å². The van der Waals surface area contributed by atoms with Gasteiger partial charge in [-0.05, 0) is 71.1 Å². The van der Waals surface area contributed by atoms with Gasteiger partial charge in [-0.3, -0.25) is 15.1 Å². The molecule has 0 bridgehead atoms. The highest BCUT2D eigenvalue weighted by atomic mass is 16.6. The van der Waals surface area contributed by atoms with Crippen LogP contribution in [-0.2, 0) is 11.3 Å². The number of anilines is 2. The van der Waals surface area contributed by atoms with Gasteiger partial charge in [0.1, 0.15) is 11.3 Å². The molecular weight excluding hydrogens is 444 g/mol. The maximum Gasteiger partial charge on any atom is 0.412 e. The van der Waals surface area contributed by atoms with Crippen molar-refractivity contribution in [3.05, 3.63) is 53.9 Å². The number of pyridine rings is 1. The Hall–Kier alpha value is -3.01. The largest absolute Gasteiger partial charge is 0.444 e. The molecule has 2 aromatic rings. The third kappa shape index (κ3) is 9.28. The first-order valence-corrected chi connectivity index (χ1v) is 12.2. The Kier molecular flexibility index (Phi) is 9.59. The topological polar surface area (TPSA) is 98.8 Å². The Labute approximate surface area is 208 Å². The van der Waals surface area contributed by atoms with Gasteiger partial charge in [0.15, 0.2) is 0 Å². The van der Waals surface area contributed by atoms with Crippen LogP contribution in [0.4, 0.5) is 16.2 Å². The molecule has 1 aliphatic heterocycles. The second-order valence-electron chi connectivity index (χ2n) is 9.85. The standard InChI is InChI=1S/C26H38N6O3/c1-26(2,3)35-25(34)30-22-9-6-5-8-21(22)29-24(33)23-11-10-20(19-28-23)18-27-12-7-13-32-16-14-31(4)15-17-32/h5-6,8-11,19,27H,7,12-18H2,1-4H3,(H,29,33)(H,30,34). The molecule has 9 nitrogen and oxygen atoms in total. The summed E-state index contributed by atoms with van der Waals surface area (Å²) in [5, 5.41) is 8.94. The fourth-order valence-corrected chi connectivity index (χ4v) is 3.70. The molecule has 0 aliphatic carbocycles. The number of hydrogen-bond acceptors (Lipinski definition) is 7. The van der Waals surface area contributed by atoms with E-state index in [1.807, 2.05) is 6.07 Å². The number of carbonyl (C=O) groups excluding carboxylic acids is 2. The molecule has 1 aliphatic rings. The van der Waals surface area contributed by atoms with Crippen LogP contribution < -0.4 is 16.0 Å². The number of benzene rings is 1. The predicted octanol–water partition coefficient (Wildman–Crippen LogP) is 3.41. The van der Waals surface area contributed by atoms with Crippen LogP contribution >= 0.6 is 0 Å². The minimum atomic E-state index is -0.618. The molecule has 0 atom stereocenters. The molecule has 1 aromatic carbocycles. The van der Waals surface area contributed by atoms with E-state index >= 15 is 0 Å². The zero-order valence-corrected chi connectivity index (χ0v) is 21.3. The Bertz CT molecular complexity index is 966. The third-order valence-electron chi connectivity index (χ3n) is 5.62. The van der Waals surface area contributed by atoms with E-state index in [2.05, 4.69) is 37.8 Å². The third-order valence-corrected chi connectivity index (χ3v) is 5.62. The normalized spacial score (nSPS) is 15.0. The van der Waals surface area contributed by atoms with E-state index in [1.165, 1.54) is 0 Å². The minimum Gasteiger partial charge on any atom is -0.444 e. The fraction of sp³-hybridized carbons (Fsp3) is 0.500. The number of nitrogens with zero attached hydrogens (tertiary/aromatic N) is 3. The highest BCUT2D eigenvalue weighted by Gasteiger charge is 2.18. The first kappa shape index (κ1) is 26.6. The maximum atomic E-state index is 12.7. The van der Waals surface area contributed by atoms with Crippen molar-refractivity contribution in [2.45, 2.75) is 39.3 Å². The average Bonchev–Trinajstić information content (AvgIpc) is 2.80. The number of aromatic nitrogens is 1. The van der Waals surface area contributed by atoms with Gasteiger partial charge in [0.25, 0.3) is 5.91 Å². The zero-order chi connectivity index (χ0) is 25.3. The van der Waals surface area contributed by atoms with E-state index in [0.717, 1.165) is 51.3 Å².